The van der Waals surface area contributed by atoms with Crippen molar-refractivity contribution in [3.8, 4) is 23.6 Å². The number of hydrogen-bond donors (Lipinski definition) is 1. The van der Waals surface area contributed by atoms with Crippen molar-refractivity contribution in [2.75, 3.05) is 6.61 Å². The molecule has 0 spiro atoms. The van der Waals surface area contributed by atoms with Gasteiger partial charge in [-0.1, -0.05) is 0 Å². The Labute approximate surface area is 146 Å². The van der Waals surface area contributed by atoms with Gasteiger partial charge in [0.1, 0.15) is 11.4 Å². The van der Waals surface area contributed by atoms with E-state index in [4.69, 9.17) is 20.4 Å². The third-order valence-corrected chi connectivity index (χ3v) is 3.86. The molecule has 26 heavy (non-hydrogen) atoms. The average Bonchev–Trinajstić information content (AvgIpc) is 3.37. The fourth-order valence-corrected chi connectivity index (χ4v) is 2.62. The number of benzene rings is 1. The van der Waals surface area contributed by atoms with E-state index in [9.17, 15) is 13.2 Å². The maximum Gasteiger partial charge on any atom is 0.436 e. The van der Waals surface area contributed by atoms with Crippen LogP contribution in [0.5, 0.6) is 11.5 Å². The smallest absolute Gasteiger partial charge is 0.436 e. The number of aromatic nitrogens is 2. The van der Waals surface area contributed by atoms with Gasteiger partial charge in [-0.25, -0.2) is 0 Å². The number of rotatable bonds is 5. The summed E-state index contributed by atoms with van der Waals surface area (Å²) in [4.78, 5) is 0. The van der Waals surface area contributed by atoms with Crippen molar-refractivity contribution in [1.29, 1.82) is 10.5 Å². The number of aliphatic hydroxyl groups excluding tert-OH is 1. The van der Waals surface area contributed by atoms with Crippen LogP contribution in [0.3, 0.4) is 0 Å². The molecule has 0 aliphatic heterocycles. The lowest BCUT2D eigenvalue weighted by atomic mass is 10.1. The normalized spacial score (nSPS) is 13.9. The first-order valence-electron chi connectivity index (χ1n) is 7.79. The van der Waals surface area contributed by atoms with Crippen molar-refractivity contribution in [1.82, 2.24) is 9.78 Å². The quantitative estimate of drug-likeness (QED) is 0.880. The molecule has 1 aliphatic rings. The lowest BCUT2D eigenvalue weighted by molar-refractivity contribution is -0.145. The SMILES string of the molecule is N#Cc1cc(C#N)cc(Oc2c(C3CC3)nn(CCO)c2C(F)(F)F)c1. The van der Waals surface area contributed by atoms with E-state index in [0.29, 0.717) is 17.5 Å². The molecule has 0 bridgehead atoms. The molecule has 0 atom stereocenters. The Hall–Kier alpha value is -3.04. The van der Waals surface area contributed by atoms with E-state index >= 15 is 0 Å². The molecule has 2 aromatic rings. The predicted octanol–water partition coefficient (Wildman–Crippen LogP) is 3.31. The Morgan fingerprint density at radius 2 is 1.81 bits per heavy atom. The van der Waals surface area contributed by atoms with Crippen molar-refractivity contribution in [2.24, 2.45) is 0 Å². The third-order valence-electron chi connectivity index (χ3n) is 3.86. The number of nitriles is 2. The Kier molecular flexibility index (Phi) is 4.58. The van der Waals surface area contributed by atoms with Crippen LogP contribution in [-0.2, 0) is 12.7 Å². The van der Waals surface area contributed by atoms with Crippen LogP contribution in [0.4, 0.5) is 13.2 Å². The Morgan fingerprint density at radius 3 is 2.27 bits per heavy atom. The first-order valence-corrected chi connectivity index (χ1v) is 7.79. The maximum atomic E-state index is 13.6. The minimum Gasteiger partial charge on any atom is -0.453 e. The minimum absolute atomic E-state index is 0.0449. The molecule has 0 saturated heterocycles. The van der Waals surface area contributed by atoms with Crippen LogP contribution in [-0.4, -0.2) is 21.5 Å². The monoisotopic (exact) mass is 362 g/mol. The molecule has 9 heteroatoms. The summed E-state index contributed by atoms with van der Waals surface area (Å²) < 4.78 is 47.0. The number of aliphatic hydroxyl groups is 1. The second-order valence-corrected chi connectivity index (χ2v) is 5.85. The molecule has 0 unspecified atom stereocenters. The highest BCUT2D eigenvalue weighted by atomic mass is 19.4. The van der Waals surface area contributed by atoms with Gasteiger partial charge in [-0.3, -0.25) is 4.68 Å². The molecule has 0 amide bonds. The second kappa shape index (κ2) is 6.70. The van der Waals surface area contributed by atoms with Crippen LogP contribution in [0, 0.1) is 22.7 Å². The summed E-state index contributed by atoms with van der Waals surface area (Å²) in [6, 6.07) is 7.53. The number of ether oxygens (including phenoxy) is 1. The first-order chi connectivity index (χ1) is 12.4. The van der Waals surface area contributed by atoms with Gasteiger partial charge in [0.15, 0.2) is 11.4 Å². The largest absolute Gasteiger partial charge is 0.453 e. The van der Waals surface area contributed by atoms with Crippen LogP contribution in [0.2, 0.25) is 0 Å². The van der Waals surface area contributed by atoms with Crippen molar-refractivity contribution in [3.05, 3.63) is 40.7 Å². The third kappa shape index (κ3) is 3.48. The van der Waals surface area contributed by atoms with Crippen molar-refractivity contribution < 1.29 is 23.0 Å². The molecular formula is C17H13F3N4O2. The summed E-state index contributed by atoms with van der Waals surface area (Å²) in [6.45, 7) is -0.823. The van der Waals surface area contributed by atoms with E-state index in [1.807, 2.05) is 12.1 Å². The molecule has 1 aromatic heterocycles. The van der Waals surface area contributed by atoms with Gasteiger partial charge in [0.2, 0.25) is 0 Å². The highest BCUT2D eigenvalue weighted by Crippen LogP contribution is 2.49. The molecule has 1 aliphatic carbocycles. The van der Waals surface area contributed by atoms with E-state index in [0.717, 1.165) is 0 Å². The van der Waals surface area contributed by atoms with E-state index < -0.39 is 24.2 Å². The van der Waals surface area contributed by atoms with Crippen LogP contribution in [0.25, 0.3) is 0 Å². The molecule has 6 nitrogen and oxygen atoms in total. The minimum atomic E-state index is -4.74. The first kappa shape index (κ1) is 17.8. The summed E-state index contributed by atoms with van der Waals surface area (Å²) in [5.74, 6) is -0.621. The number of nitrogens with zero attached hydrogens (tertiary/aromatic N) is 4. The Bertz CT molecular complexity index is 886. The molecule has 1 N–H and O–H groups in total. The summed E-state index contributed by atoms with van der Waals surface area (Å²) in [7, 11) is 0. The summed E-state index contributed by atoms with van der Waals surface area (Å²) >= 11 is 0. The van der Waals surface area contributed by atoms with Gasteiger partial charge in [0.05, 0.1) is 36.4 Å². The van der Waals surface area contributed by atoms with Crippen LogP contribution < -0.4 is 4.74 Å². The van der Waals surface area contributed by atoms with Gasteiger partial charge in [-0.15, -0.1) is 0 Å². The van der Waals surface area contributed by atoms with Crippen LogP contribution >= 0.6 is 0 Å². The summed E-state index contributed by atoms with van der Waals surface area (Å²) in [5.41, 5.74) is -0.715. The van der Waals surface area contributed by atoms with E-state index in [1.54, 1.807) is 0 Å². The van der Waals surface area contributed by atoms with Gasteiger partial charge in [0.25, 0.3) is 0 Å². The van der Waals surface area contributed by atoms with Gasteiger partial charge >= 0.3 is 6.18 Å². The highest BCUT2D eigenvalue weighted by Gasteiger charge is 2.44. The molecule has 3 rings (SSSR count). The van der Waals surface area contributed by atoms with Gasteiger partial charge in [-0.05, 0) is 31.0 Å². The second-order valence-electron chi connectivity index (χ2n) is 5.85. The summed E-state index contributed by atoms with van der Waals surface area (Å²) in [5, 5.41) is 31.1. The predicted molar refractivity (Wildman–Crippen MR) is 82.2 cm³/mol. The maximum absolute atomic E-state index is 13.6. The fourth-order valence-electron chi connectivity index (χ4n) is 2.62. The highest BCUT2D eigenvalue weighted by molar-refractivity contribution is 5.49. The number of halogens is 3. The number of hydrogen-bond acceptors (Lipinski definition) is 5. The van der Waals surface area contributed by atoms with Crippen molar-refractivity contribution in [3.63, 3.8) is 0 Å². The molecule has 0 radical (unpaired) electrons. The van der Waals surface area contributed by atoms with Crippen molar-refractivity contribution in [2.45, 2.75) is 31.5 Å². The van der Waals surface area contributed by atoms with Gasteiger partial charge < -0.3 is 9.84 Å². The number of alkyl halides is 3. The molecular weight excluding hydrogens is 349 g/mol. The summed E-state index contributed by atoms with van der Waals surface area (Å²) in [6.07, 6.45) is -3.34. The lowest BCUT2D eigenvalue weighted by Crippen LogP contribution is -2.17. The van der Waals surface area contributed by atoms with Gasteiger partial charge in [-0.2, -0.15) is 28.8 Å². The standard InChI is InChI=1S/C17H13F3N4O2/c18-17(19,20)16-15(14(12-1-2-12)23-24(16)3-4-25)26-13-6-10(8-21)5-11(7-13)9-22/h5-7,12,25H,1-4H2. The van der Waals surface area contributed by atoms with E-state index in [1.165, 1.54) is 18.2 Å². The molecule has 1 saturated carbocycles. The fraction of sp³-hybridized carbons (Fsp3) is 0.353. The van der Waals surface area contributed by atoms with E-state index in [2.05, 4.69) is 5.10 Å². The van der Waals surface area contributed by atoms with E-state index in [-0.39, 0.29) is 35.0 Å². The molecule has 134 valence electrons. The zero-order valence-corrected chi connectivity index (χ0v) is 13.4. The average molecular weight is 362 g/mol. The van der Waals surface area contributed by atoms with Crippen LogP contribution in [0.15, 0.2) is 18.2 Å². The molecule has 1 aromatic carbocycles. The van der Waals surface area contributed by atoms with Crippen LogP contribution in [0.1, 0.15) is 41.3 Å². The lowest BCUT2D eigenvalue weighted by Gasteiger charge is -2.13. The molecule has 1 heterocycles. The topological polar surface area (TPSA) is 94.9 Å². The zero-order chi connectivity index (χ0) is 18.9. The zero-order valence-electron chi connectivity index (χ0n) is 13.4. The van der Waals surface area contributed by atoms with Gasteiger partial charge in [0, 0.05) is 5.92 Å². The van der Waals surface area contributed by atoms with Crippen molar-refractivity contribution >= 4 is 0 Å². The Morgan fingerprint density at radius 1 is 1.19 bits per heavy atom. The molecule has 1 fully saturated rings. The Balaban J connectivity index is 2.12.